The zero-order chi connectivity index (χ0) is 29.5. The molecular weight excluding hydrogens is 523 g/mol. The Bertz CT molecular complexity index is 2380. The molecule has 0 bridgehead atoms. The largest absolute Gasteiger partial charge is 0.457 e. The molecule has 0 fully saturated rings. The normalized spacial score (nSPS) is 13.1. The summed E-state index contributed by atoms with van der Waals surface area (Å²) in [6.07, 6.45) is 0. The number of para-hydroxylation sites is 3. The van der Waals surface area contributed by atoms with Crippen molar-refractivity contribution < 1.29 is 4.74 Å². The van der Waals surface area contributed by atoms with E-state index in [-0.39, 0.29) is 6.71 Å². The van der Waals surface area contributed by atoms with E-state index in [1.807, 2.05) is 0 Å². The molecule has 4 heterocycles. The fourth-order valence-electron chi connectivity index (χ4n) is 8.29. The van der Waals surface area contributed by atoms with Crippen molar-refractivity contribution in [3.8, 4) is 28.3 Å². The topological polar surface area (TPSA) is 18.6 Å². The van der Waals surface area contributed by atoms with Gasteiger partial charge < -0.3 is 4.74 Å². The smallest absolute Gasteiger partial charge is 0.259 e. The lowest BCUT2D eigenvalue weighted by atomic mass is 9.34. The molecule has 0 saturated heterocycles. The maximum atomic E-state index is 7.20. The number of imidazole rings is 1. The predicted molar refractivity (Wildman–Crippen MR) is 182 cm³/mol. The number of aromatic nitrogens is 2. The number of fused-ring (bicyclic) bond motifs is 10. The van der Waals surface area contributed by atoms with Gasteiger partial charge in [-0.25, -0.2) is 0 Å². The van der Waals surface area contributed by atoms with E-state index in [1.165, 1.54) is 99.7 Å². The second-order valence-corrected chi connectivity index (χ2v) is 12.8. The van der Waals surface area contributed by atoms with E-state index in [4.69, 9.17) is 4.74 Å². The van der Waals surface area contributed by atoms with Gasteiger partial charge in [-0.05, 0) is 127 Å². The maximum absolute atomic E-state index is 7.20. The van der Waals surface area contributed by atoms with Gasteiger partial charge >= 0.3 is 0 Å². The molecule has 43 heavy (non-hydrogen) atoms. The van der Waals surface area contributed by atoms with Crippen LogP contribution < -0.4 is 21.1 Å². The summed E-state index contributed by atoms with van der Waals surface area (Å²) in [5, 5.41) is 1.33. The van der Waals surface area contributed by atoms with Gasteiger partial charge in [-0.15, -0.1) is 0 Å². The number of benzene rings is 5. The molecule has 3 nitrogen and oxygen atoms in total. The number of hydrogen-bond acceptors (Lipinski definition) is 1. The summed E-state index contributed by atoms with van der Waals surface area (Å²) in [5.74, 6) is 2.02. The fraction of sp³-hybridized carbons (Fsp3) is 0.179. The summed E-state index contributed by atoms with van der Waals surface area (Å²) in [4.78, 5) is 0. The van der Waals surface area contributed by atoms with E-state index in [1.54, 1.807) is 0 Å². The number of nitrogens with zero attached hydrogens (tertiary/aromatic N) is 2. The van der Waals surface area contributed by atoms with Crippen molar-refractivity contribution in [3.05, 3.63) is 112 Å². The first kappa shape index (κ1) is 24.9. The summed E-state index contributed by atoms with van der Waals surface area (Å²) in [6.45, 7) is 15.8. The van der Waals surface area contributed by atoms with Crippen molar-refractivity contribution in [2.24, 2.45) is 0 Å². The summed E-state index contributed by atoms with van der Waals surface area (Å²) in [7, 11) is 0. The first-order valence-electron chi connectivity index (χ1n) is 15.3. The van der Waals surface area contributed by atoms with Crippen molar-refractivity contribution in [1.29, 1.82) is 0 Å². The summed E-state index contributed by atoms with van der Waals surface area (Å²) in [6, 6.07) is 26.9. The molecule has 0 radical (unpaired) electrons. The molecule has 0 unspecified atom stereocenters. The molecule has 0 saturated carbocycles. The predicted octanol–water partition coefficient (Wildman–Crippen LogP) is 7.80. The Balaban J connectivity index is 1.54. The fourth-order valence-corrected chi connectivity index (χ4v) is 8.29. The minimum Gasteiger partial charge on any atom is -0.457 e. The average Bonchev–Trinajstić information content (AvgIpc) is 3.52. The lowest BCUT2D eigenvalue weighted by molar-refractivity contribution is 0.484. The Hall–Kier alpha value is -4.70. The van der Waals surface area contributed by atoms with E-state index < -0.39 is 0 Å². The van der Waals surface area contributed by atoms with Crippen molar-refractivity contribution in [3.63, 3.8) is 0 Å². The van der Waals surface area contributed by atoms with Gasteiger partial charge in [0.15, 0.2) is 0 Å². The molecule has 5 aromatic carbocycles. The highest BCUT2D eigenvalue weighted by molar-refractivity contribution is 7.00. The highest BCUT2D eigenvalue weighted by atomic mass is 16.5. The minimum atomic E-state index is 0.0578. The van der Waals surface area contributed by atoms with Gasteiger partial charge in [-0.2, -0.15) is 0 Å². The van der Waals surface area contributed by atoms with Crippen LogP contribution in [0.25, 0.3) is 44.4 Å². The molecule has 7 aromatic rings. The van der Waals surface area contributed by atoms with Gasteiger partial charge in [0.2, 0.25) is 0 Å². The van der Waals surface area contributed by atoms with E-state index in [0.29, 0.717) is 0 Å². The average molecular weight is 557 g/mol. The highest BCUT2D eigenvalue weighted by Gasteiger charge is 2.45. The third kappa shape index (κ3) is 2.87. The van der Waals surface area contributed by atoms with Gasteiger partial charge in [0.25, 0.3) is 6.71 Å². The lowest BCUT2D eigenvalue weighted by Crippen LogP contribution is -2.59. The Labute approximate surface area is 252 Å². The Morgan fingerprint density at radius 2 is 1.30 bits per heavy atom. The van der Waals surface area contributed by atoms with Crippen LogP contribution in [0.2, 0.25) is 0 Å². The van der Waals surface area contributed by atoms with Crippen LogP contribution in [0.5, 0.6) is 11.5 Å². The maximum Gasteiger partial charge on any atom is 0.259 e. The monoisotopic (exact) mass is 556 g/mol. The quantitative estimate of drug-likeness (QED) is 0.189. The van der Waals surface area contributed by atoms with Crippen molar-refractivity contribution >= 4 is 50.7 Å². The Morgan fingerprint density at radius 3 is 2.07 bits per heavy atom. The number of ether oxygens (including phenoxy) is 1. The van der Waals surface area contributed by atoms with Gasteiger partial charge in [-0.1, -0.05) is 60.7 Å². The Kier molecular flexibility index (Phi) is 4.76. The van der Waals surface area contributed by atoms with Gasteiger partial charge in [0.05, 0.1) is 16.6 Å². The van der Waals surface area contributed by atoms with Crippen LogP contribution in [-0.2, 0) is 0 Å². The van der Waals surface area contributed by atoms with E-state index in [9.17, 15) is 0 Å². The third-order valence-corrected chi connectivity index (χ3v) is 10.7. The molecule has 0 aliphatic carbocycles. The van der Waals surface area contributed by atoms with Crippen LogP contribution in [-0.4, -0.2) is 15.7 Å². The molecule has 2 aliphatic rings. The number of aryl methyl sites for hydroxylation is 4. The van der Waals surface area contributed by atoms with Gasteiger partial charge in [0.1, 0.15) is 17.1 Å². The van der Waals surface area contributed by atoms with Crippen molar-refractivity contribution in [2.45, 2.75) is 48.5 Å². The molecule has 0 amide bonds. The third-order valence-electron chi connectivity index (χ3n) is 10.7. The highest BCUT2D eigenvalue weighted by Crippen LogP contribution is 2.44. The SMILES string of the molecule is Cc1cccc(C)c1-c1cccc2c1Oc1c(C)c(C)c(C)c3c1B2c1c2ccc(C)c(C)c2n2c4ccccc4n-3c12. The molecule has 9 rings (SSSR count). The summed E-state index contributed by atoms with van der Waals surface area (Å²) in [5.41, 5.74) is 21.8. The van der Waals surface area contributed by atoms with Gasteiger partial charge in [-0.3, -0.25) is 8.97 Å². The Morgan fingerprint density at radius 1 is 0.581 bits per heavy atom. The molecule has 0 spiro atoms. The molecular formula is C39H33BN2O. The van der Waals surface area contributed by atoms with Crippen molar-refractivity contribution in [2.75, 3.05) is 0 Å². The van der Waals surface area contributed by atoms with Crippen LogP contribution in [0, 0.1) is 48.5 Å². The van der Waals surface area contributed by atoms with Crippen LogP contribution in [0.4, 0.5) is 0 Å². The van der Waals surface area contributed by atoms with Crippen LogP contribution in [0.3, 0.4) is 0 Å². The molecule has 4 heteroatoms. The lowest BCUT2D eigenvalue weighted by Gasteiger charge is -2.36. The zero-order valence-corrected chi connectivity index (χ0v) is 25.8. The van der Waals surface area contributed by atoms with Crippen LogP contribution in [0.15, 0.2) is 72.8 Å². The molecule has 0 N–H and O–H groups in total. The molecule has 208 valence electrons. The molecule has 0 atom stereocenters. The minimum absolute atomic E-state index is 0.0578. The summed E-state index contributed by atoms with van der Waals surface area (Å²) < 4.78 is 12.3. The van der Waals surface area contributed by atoms with E-state index >= 15 is 0 Å². The molecule has 2 aromatic heterocycles. The first-order chi connectivity index (χ1) is 20.8. The van der Waals surface area contributed by atoms with Gasteiger partial charge in [0, 0.05) is 11.3 Å². The van der Waals surface area contributed by atoms with E-state index in [2.05, 4.69) is 130 Å². The number of rotatable bonds is 1. The molecule has 2 aliphatic heterocycles. The summed E-state index contributed by atoms with van der Waals surface area (Å²) >= 11 is 0. The first-order valence-corrected chi connectivity index (χ1v) is 15.3. The second kappa shape index (κ2) is 8.23. The zero-order valence-electron chi connectivity index (χ0n) is 25.8. The van der Waals surface area contributed by atoms with E-state index in [0.717, 1.165) is 11.5 Å². The number of hydrogen-bond donors (Lipinski definition) is 0. The van der Waals surface area contributed by atoms with Crippen molar-refractivity contribution in [1.82, 2.24) is 8.97 Å². The van der Waals surface area contributed by atoms with Crippen LogP contribution in [0.1, 0.15) is 38.9 Å². The second-order valence-electron chi connectivity index (χ2n) is 12.8. The standard InChI is InChI=1S/C39H33BN2O/c1-20-18-19-28-33-39-41(35(28)23(20)4)30-16-8-9-17-31(30)42(39)36-25(6)24(5)26(7)37-34(36)40(33)29-15-11-14-27(38(29)43-37)32-21(2)12-10-13-22(32)3/h8-19H,1-7H3. The van der Waals surface area contributed by atoms with Crippen LogP contribution >= 0.6 is 0 Å².